The van der Waals surface area contributed by atoms with Crippen molar-refractivity contribution >= 4 is 0 Å². The van der Waals surface area contributed by atoms with Crippen LogP contribution in [0.15, 0.2) is 42.5 Å². The molecule has 4 heteroatoms. The summed E-state index contributed by atoms with van der Waals surface area (Å²) in [4.78, 5) is 0. The van der Waals surface area contributed by atoms with Gasteiger partial charge in [-0.1, -0.05) is 6.07 Å². The first-order chi connectivity index (χ1) is 9.10. The molecule has 0 unspecified atom stereocenters. The summed E-state index contributed by atoms with van der Waals surface area (Å²) in [6.07, 6.45) is 0. The van der Waals surface area contributed by atoms with Crippen molar-refractivity contribution < 1.29 is 9.13 Å². The molecule has 0 spiro atoms. The molecule has 0 aromatic heterocycles. The van der Waals surface area contributed by atoms with Crippen molar-refractivity contribution in [3.63, 3.8) is 0 Å². The van der Waals surface area contributed by atoms with Crippen LogP contribution in [0.1, 0.15) is 24.1 Å². The highest BCUT2D eigenvalue weighted by atomic mass is 19.1. The number of benzene rings is 2. The molecule has 0 saturated carbocycles. The van der Waals surface area contributed by atoms with Crippen molar-refractivity contribution in [1.82, 2.24) is 0 Å². The molecule has 0 amide bonds. The first-order valence-corrected chi connectivity index (χ1v) is 5.83. The standard InChI is InChI=1S/C15H13FN2O/c1-10(18)12-4-7-15(14(16)8-12)19-13-5-2-11(9-17)3-6-13/h2-8,10H,18H2,1H3/t10-/m0/s1. The van der Waals surface area contributed by atoms with E-state index in [2.05, 4.69) is 0 Å². The van der Waals surface area contributed by atoms with Crippen LogP contribution in [-0.2, 0) is 0 Å². The van der Waals surface area contributed by atoms with Crippen molar-refractivity contribution in [2.24, 2.45) is 5.73 Å². The Morgan fingerprint density at radius 2 is 1.89 bits per heavy atom. The Morgan fingerprint density at radius 1 is 1.21 bits per heavy atom. The summed E-state index contributed by atoms with van der Waals surface area (Å²) in [5.74, 6) is 0.153. The lowest BCUT2D eigenvalue weighted by molar-refractivity contribution is 0.441. The summed E-state index contributed by atoms with van der Waals surface area (Å²) < 4.78 is 19.2. The van der Waals surface area contributed by atoms with Gasteiger partial charge in [0.2, 0.25) is 0 Å². The van der Waals surface area contributed by atoms with E-state index < -0.39 is 5.82 Å². The summed E-state index contributed by atoms with van der Waals surface area (Å²) in [6.45, 7) is 1.79. The first-order valence-electron chi connectivity index (χ1n) is 5.83. The van der Waals surface area contributed by atoms with Gasteiger partial charge in [-0.25, -0.2) is 4.39 Å². The van der Waals surface area contributed by atoms with Crippen LogP contribution >= 0.6 is 0 Å². The fourth-order valence-corrected chi connectivity index (χ4v) is 1.61. The number of nitrogens with zero attached hydrogens (tertiary/aromatic N) is 1. The molecule has 96 valence electrons. The molecule has 0 bridgehead atoms. The lowest BCUT2D eigenvalue weighted by Gasteiger charge is -2.10. The monoisotopic (exact) mass is 256 g/mol. The smallest absolute Gasteiger partial charge is 0.166 e. The van der Waals surface area contributed by atoms with Crippen LogP contribution in [0.25, 0.3) is 0 Å². The average Bonchev–Trinajstić information content (AvgIpc) is 2.41. The number of ether oxygens (including phenoxy) is 1. The molecule has 0 heterocycles. The maximum atomic E-state index is 13.8. The van der Waals surface area contributed by atoms with Gasteiger partial charge >= 0.3 is 0 Å². The first kappa shape index (κ1) is 13.1. The minimum atomic E-state index is -0.459. The van der Waals surface area contributed by atoms with E-state index >= 15 is 0 Å². The van der Waals surface area contributed by atoms with Crippen LogP contribution in [0.4, 0.5) is 4.39 Å². The topological polar surface area (TPSA) is 59.0 Å². The van der Waals surface area contributed by atoms with Crippen molar-refractivity contribution in [2.75, 3.05) is 0 Å². The Morgan fingerprint density at radius 3 is 2.42 bits per heavy atom. The largest absolute Gasteiger partial charge is 0.454 e. The Balaban J connectivity index is 2.21. The van der Waals surface area contributed by atoms with Crippen LogP contribution in [0.5, 0.6) is 11.5 Å². The number of hydrogen-bond acceptors (Lipinski definition) is 3. The van der Waals surface area contributed by atoms with E-state index in [1.54, 1.807) is 43.3 Å². The van der Waals surface area contributed by atoms with E-state index in [-0.39, 0.29) is 11.8 Å². The Labute approximate surface area is 111 Å². The highest BCUT2D eigenvalue weighted by Gasteiger charge is 2.08. The Kier molecular flexibility index (Phi) is 3.79. The molecule has 0 aliphatic carbocycles. The third-order valence-corrected chi connectivity index (χ3v) is 2.69. The van der Waals surface area contributed by atoms with E-state index in [0.717, 1.165) is 0 Å². The minimum Gasteiger partial charge on any atom is -0.454 e. The van der Waals surface area contributed by atoms with Crippen LogP contribution < -0.4 is 10.5 Å². The fraction of sp³-hybridized carbons (Fsp3) is 0.133. The Hall–Kier alpha value is -2.38. The zero-order chi connectivity index (χ0) is 13.8. The second-order valence-electron chi connectivity index (χ2n) is 4.22. The molecule has 0 radical (unpaired) electrons. The molecule has 2 rings (SSSR count). The molecule has 2 aromatic carbocycles. The summed E-state index contributed by atoms with van der Waals surface area (Å²) in [7, 11) is 0. The van der Waals surface area contributed by atoms with Crippen LogP contribution in [0.3, 0.4) is 0 Å². The summed E-state index contributed by atoms with van der Waals surface area (Å²) in [5, 5.41) is 8.68. The Bertz CT molecular complexity index is 615. The number of rotatable bonds is 3. The van der Waals surface area contributed by atoms with Crippen LogP contribution in [0, 0.1) is 17.1 Å². The second kappa shape index (κ2) is 5.51. The number of hydrogen-bond donors (Lipinski definition) is 1. The molecule has 2 aromatic rings. The van der Waals surface area contributed by atoms with Crippen molar-refractivity contribution in [1.29, 1.82) is 5.26 Å². The normalized spacial score (nSPS) is 11.7. The fourth-order valence-electron chi connectivity index (χ4n) is 1.61. The lowest BCUT2D eigenvalue weighted by atomic mass is 10.1. The second-order valence-corrected chi connectivity index (χ2v) is 4.22. The molecule has 19 heavy (non-hydrogen) atoms. The van der Waals surface area contributed by atoms with Gasteiger partial charge in [0.1, 0.15) is 5.75 Å². The summed E-state index contributed by atoms with van der Waals surface area (Å²) in [5.41, 5.74) is 6.92. The number of halogens is 1. The SMILES string of the molecule is C[C@H](N)c1ccc(Oc2ccc(C#N)cc2)c(F)c1. The maximum Gasteiger partial charge on any atom is 0.166 e. The maximum absolute atomic E-state index is 13.8. The molecule has 0 saturated heterocycles. The minimum absolute atomic E-state index is 0.133. The van der Waals surface area contributed by atoms with Gasteiger partial charge in [0, 0.05) is 6.04 Å². The zero-order valence-corrected chi connectivity index (χ0v) is 10.4. The van der Waals surface area contributed by atoms with Crippen molar-refractivity contribution in [3.8, 4) is 17.6 Å². The average molecular weight is 256 g/mol. The van der Waals surface area contributed by atoms with Crippen molar-refractivity contribution in [2.45, 2.75) is 13.0 Å². The van der Waals surface area contributed by atoms with Gasteiger partial charge in [-0.05, 0) is 48.9 Å². The van der Waals surface area contributed by atoms with E-state index in [1.165, 1.54) is 6.07 Å². The van der Waals surface area contributed by atoms with Gasteiger partial charge in [-0.15, -0.1) is 0 Å². The van der Waals surface area contributed by atoms with Crippen LogP contribution in [0.2, 0.25) is 0 Å². The third kappa shape index (κ3) is 3.09. The van der Waals surface area contributed by atoms with E-state index in [9.17, 15) is 4.39 Å². The van der Waals surface area contributed by atoms with E-state index in [0.29, 0.717) is 16.9 Å². The molecular formula is C15H13FN2O. The molecular weight excluding hydrogens is 243 g/mol. The van der Waals surface area contributed by atoms with Gasteiger partial charge in [0.15, 0.2) is 11.6 Å². The predicted octanol–water partition coefficient (Wildman–Crippen LogP) is 3.51. The van der Waals surface area contributed by atoms with E-state index in [4.69, 9.17) is 15.7 Å². The molecule has 2 N–H and O–H groups in total. The van der Waals surface area contributed by atoms with Crippen molar-refractivity contribution in [3.05, 3.63) is 59.4 Å². The molecule has 0 aliphatic rings. The van der Waals surface area contributed by atoms with Crippen LogP contribution in [-0.4, -0.2) is 0 Å². The summed E-state index contributed by atoms with van der Waals surface area (Å²) in [6, 6.07) is 12.9. The molecule has 0 fully saturated rings. The van der Waals surface area contributed by atoms with Gasteiger partial charge in [-0.2, -0.15) is 5.26 Å². The zero-order valence-electron chi connectivity index (χ0n) is 10.4. The quantitative estimate of drug-likeness (QED) is 0.914. The highest BCUT2D eigenvalue weighted by molar-refractivity contribution is 5.38. The van der Waals surface area contributed by atoms with Gasteiger partial charge in [0.25, 0.3) is 0 Å². The van der Waals surface area contributed by atoms with Gasteiger partial charge in [0.05, 0.1) is 11.6 Å². The molecule has 0 aliphatic heterocycles. The van der Waals surface area contributed by atoms with Gasteiger partial charge in [-0.3, -0.25) is 0 Å². The molecule has 1 atom stereocenters. The predicted molar refractivity (Wildman–Crippen MR) is 70.2 cm³/mol. The highest BCUT2D eigenvalue weighted by Crippen LogP contribution is 2.26. The van der Waals surface area contributed by atoms with E-state index in [1.807, 2.05) is 6.07 Å². The number of nitrogens with two attached hydrogens (primary N) is 1. The lowest BCUT2D eigenvalue weighted by Crippen LogP contribution is -2.05. The number of nitriles is 1. The summed E-state index contributed by atoms with van der Waals surface area (Å²) >= 11 is 0. The van der Waals surface area contributed by atoms with Gasteiger partial charge < -0.3 is 10.5 Å². The molecule has 3 nitrogen and oxygen atoms in total. The third-order valence-electron chi connectivity index (χ3n) is 2.69.